The number of anilines is 1. The molecule has 0 bridgehead atoms. The van der Waals surface area contributed by atoms with Gasteiger partial charge < -0.3 is 5.32 Å². The molecular formula is C21H29N3. The molecule has 0 heterocycles. The molecule has 0 aliphatic heterocycles. The molecule has 0 saturated heterocycles. The second-order valence-corrected chi connectivity index (χ2v) is 6.25. The Morgan fingerprint density at radius 2 is 1.50 bits per heavy atom. The van der Waals surface area contributed by atoms with Crippen molar-refractivity contribution in [2.24, 2.45) is 10.2 Å². The minimum absolute atomic E-state index is 0.881. The van der Waals surface area contributed by atoms with Crippen LogP contribution in [-0.2, 0) is 0 Å². The highest BCUT2D eigenvalue weighted by atomic mass is 15.1. The Morgan fingerprint density at radius 1 is 0.792 bits per heavy atom. The predicted octanol–water partition coefficient (Wildman–Crippen LogP) is 7.18. The number of rotatable bonds is 10. The summed E-state index contributed by atoms with van der Waals surface area (Å²) in [6.45, 7) is 5.31. The van der Waals surface area contributed by atoms with Crippen LogP contribution < -0.4 is 5.32 Å². The van der Waals surface area contributed by atoms with Crippen LogP contribution in [0.4, 0.5) is 17.1 Å². The first-order valence-electron chi connectivity index (χ1n) is 9.11. The molecule has 0 atom stereocenters. The Morgan fingerprint density at radius 3 is 2.29 bits per heavy atom. The lowest BCUT2D eigenvalue weighted by Crippen LogP contribution is -2.01. The van der Waals surface area contributed by atoms with Crippen LogP contribution in [0.15, 0.2) is 58.8 Å². The Kier molecular flexibility index (Phi) is 8.02. The van der Waals surface area contributed by atoms with Crippen molar-refractivity contribution in [1.29, 1.82) is 0 Å². The summed E-state index contributed by atoms with van der Waals surface area (Å²) in [5, 5.41) is 12.2. The summed E-state index contributed by atoms with van der Waals surface area (Å²) >= 11 is 0. The van der Waals surface area contributed by atoms with Gasteiger partial charge in [0.2, 0.25) is 0 Å². The molecule has 128 valence electrons. The molecule has 0 saturated carbocycles. The van der Waals surface area contributed by atoms with Crippen molar-refractivity contribution in [3.8, 4) is 0 Å². The molecule has 0 aromatic heterocycles. The van der Waals surface area contributed by atoms with Gasteiger partial charge in [-0.05, 0) is 37.6 Å². The van der Waals surface area contributed by atoms with E-state index in [0.717, 1.165) is 23.6 Å². The highest BCUT2D eigenvalue weighted by molar-refractivity contribution is 5.64. The maximum absolute atomic E-state index is 4.41. The molecule has 24 heavy (non-hydrogen) atoms. The van der Waals surface area contributed by atoms with E-state index in [2.05, 4.69) is 47.6 Å². The minimum Gasteiger partial charge on any atom is -0.383 e. The fourth-order valence-electron chi connectivity index (χ4n) is 2.56. The average Bonchev–Trinajstić information content (AvgIpc) is 2.61. The van der Waals surface area contributed by atoms with E-state index < -0.39 is 0 Å². The van der Waals surface area contributed by atoms with Gasteiger partial charge in [-0.1, -0.05) is 68.9 Å². The van der Waals surface area contributed by atoms with Crippen LogP contribution in [0, 0.1) is 6.92 Å². The SMILES string of the molecule is CCCCCCCCNc1ccccc1N=Nc1ccc(C)cc1. The number of hydrogen-bond acceptors (Lipinski definition) is 3. The van der Waals surface area contributed by atoms with Crippen LogP contribution in [0.5, 0.6) is 0 Å². The van der Waals surface area contributed by atoms with E-state index in [1.165, 1.54) is 44.1 Å². The first-order chi connectivity index (χ1) is 11.8. The van der Waals surface area contributed by atoms with Crippen molar-refractivity contribution in [2.75, 3.05) is 11.9 Å². The third kappa shape index (κ3) is 6.53. The van der Waals surface area contributed by atoms with E-state index >= 15 is 0 Å². The molecule has 0 spiro atoms. The van der Waals surface area contributed by atoms with Gasteiger partial charge in [0.15, 0.2) is 0 Å². The Balaban J connectivity index is 1.84. The first-order valence-corrected chi connectivity index (χ1v) is 9.11. The highest BCUT2D eigenvalue weighted by Crippen LogP contribution is 2.26. The second kappa shape index (κ2) is 10.6. The zero-order chi connectivity index (χ0) is 17.0. The summed E-state index contributed by atoms with van der Waals surface area (Å²) in [6, 6.07) is 16.2. The van der Waals surface area contributed by atoms with E-state index in [0.29, 0.717) is 0 Å². The number of hydrogen-bond donors (Lipinski definition) is 1. The summed E-state index contributed by atoms with van der Waals surface area (Å²) in [7, 11) is 0. The van der Waals surface area contributed by atoms with Crippen molar-refractivity contribution in [3.63, 3.8) is 0 Å². The number of benzene rings is 2. The summed E-state index contributed by atoms with van der Waals surface area (Å²) in [4.78, 5) is 0. The highest BCUT2D eigenvalue weighted by Gasteiger charge is 2.00. The largest absolute Gasteiger partial charge is 0.383 e. The normalized spacial score (nSPS) is 11.1. The molecule has 0 unspecified atom stereocenters. The van der Waals surface area contributed by atoms with Crippen molar-refractivity contribution >= 4 is 17.1 Å². The zero-order valence-corrected chi connectivity index (χ0v) is 15.0. The van der Waals surface area contributed by atoms with Crippen LogP contribution in [0.3, 0.4) is 0 Å². The molecular weight excluding hydrogens is 294 g/mol. The van der Waals surface area contributed by atoms with E-state index in [1.54, 1.807) is 0 Å². The number of nitrogens with one attached hydrogen (secondary N) is 1. The van der Waals surface area contributed by atoms with E-state index in [1.807, 2.05) is 30.3 Å². The molecule has 0 fully saturated rings. The quantitative estimate of drug-likeness (QED) is 0.365. The summed E-state index contributed by atoms with van der Waals surface area (Å²) in [6.07, 6.45) is 7.85. The van der Waals surface area contributed by atoms with Crippen molar-refractivity contribution in [2.45, 2.75) is 52.4 Å². The number of para-hydroxylation sites is 1. The molecule has 1 N–H and O–H groups in total. The second-order valence-electron chi connectivity index (χ2n) is 6.25. The molecule has 0 radical (unpaired) electrons. The van der Waals surface area contributed by atoms with Gasteiger partial charge in [0.1, 0.15) is 5.69 Å². The fourth-order valence-corrected chi connectivity index (χ4v) is 2.56. The predicted molar refractivity (Wildman–Crippen MR) is 104 cm³/mol. The molecule has 3 nitrogen and oxygen atoms in total. The van der Waals surface area contributed by atoms with Crippen molar-refractivity contribution < 1.29 is 0 Å². The summed E-state index contributed by atoms with van der Waals surface area (Å²) < 4.78 is 0. The smallest absolute Gasteiger partial charge is 0.109 e. The zero-order valence-electron chi connectivity index (χ0n) is 15.0. The maximum atomic E-state index is 4.41. The lowest BCUT2D eigenvalue weighted by Gasteiger charge is -2.08. The van der Waals surface area contributed by atoms with Gasteiger partial charge in [-0.15, -0.1) is 5.11 Å². The minimum atomic E-state index is 0.881. The molecule has 3 heteroatoms. The molecule has 0 aliphatic carbocycles. The number of aryl methyl sites for hydroxylation is 1. The first kappa shape index (κ1) is 18.2. The Bertz CT molecular complexity index is 617. The van der Waals surface area contributed by atoms with Crippen molar-refractivity contribution in [1.82, 2.24) is 0 Å². The topological polar surface area (TPSA) is 36.8 Å². The van der Waals surface area contributed by atoms with Gasteiger partial charge in [0.05, 0.1) is 11.4 Å². The summed E-state index contributed by atoms with van der Waals surface area (Å²) in [5.41, 5.74) is 4.06. The standard InChI is InChI=1S/C21H29N3/c1-3-4-5-6-7-10-17-22-20-11-8-9-12-21(20)24-23-19-15-13-18(2)14-16-19/h8-9,11-16,22H,3-7,10,17H2,1-2H3. The fraction of sp³-hybridized carbons (Fsp3) is 0.429. The Hall–Kier alpha value is -2.16. The third-order valence-electron chi connectivity index (χ3n) is 4.06. The van der Waals surface area contributed by atoms with Gasteiger partial charge in [-0.2, -0.15) is 5.11 Å². The van der Waals surface area contributed by atoms with Crippen LogP contribution in [0.25, 0.3) is 0 Å². The van der Waals surface area contributed by atoms with Crippen LogP contribution >= 0.6 is 0 Å². The van der Waals surface area contributed by atoms with Gasteiger partial charge in [-0.3, -0.25) is 0 Å². The average molecular weight is 323 g/mol. The number of azo groups is 1. The molecule has 0 aliphatic rings. The monoisotopic (exact) mass is 323 g/mol. The van der Waals surface area contributed by atoms with E-state index in [-0.39, 0.29) is 0 Å². The summed E-state index contributed by atoms with van der Waals surface area (Å²) in [5.74, 6) is 0. The third-order valence-corrected chi connectivity index (χ3v) is 4.06. The lowest BCUT2D eigenvalue weighted by molar-refractivity contribution is 0.617. The Labute approximate surface area is 146 Å². The molecule has 2 rings (SSSR count). The van der Waals surface area contributed by atoms with E-state index in [4.69, 9.17) is 0 Å². The van der Waals surface area contributed by atoms with E-state index in [9.17, 15) is 0 Å². The van der Waals surface area contributed by atoms with Crippen LogP contribution in [0.1, 0.15) is 51.0 Å². The van der Waals surface area contributed by atoms with Gasteiger partial charge >= 0.3 is 0 Å². The molecule has 2 aromatic rings. The van der Waals surface area contributed by atoms with Gasteiger partial charge in [0, 0.05) is 6.54 Å². The van der Waals surface area contributed by atoms with Crippen LogP contribution in [-0.4, -0.2) is 6.54 Å². The maximum Gasteiger partial charge on any atom is 0.109 e. The van der Waals surface area contributed by atoms with Gasteiger partial charge in [0.25, 0.3) is 0 Å². The molecule has 0 amide bonds. The number of unbranched alkanes of at least 4 members (excludes halogenated alkanes) is 5. The van der Waals surface area contributed by atoms with Gasteiger partial charge in [-0.25, -0.2) is 0 Å². The molecule has 2 aromatic carbocycles. The lowest BCUT2D eigenvalue weighted by atomic mass is 10.1. The number of nitrogens with zero attached hydrogens (tertiary/aromatic N) is 2. The van der Waals surface area contributed by atoms with Crippen LogP contribution in [0.2, 0.25) is 0 Å². The van der Waals surface area contributed by atoms with Crippen molar-refractivity contribution in [3.05, 3.63) is 54.1 Å².